The molecule has 1 aromatic heterocycles. The Hall–Kier alpha value is -4.43. The van der Waals surface area contributed by atoms with Crippen molar-refractivity contribution < 1.29 is 28.6 Å². The molecule has 2 aliphatic rings. The van der Waals surface area contributed by atoms with Crippen LogP contribution in [0.5, 0.6) is 11.5 Å². The third-order valence-corrected chi connectivity index (χ3v) is 6.75. The second-order valence-corrected chi connectivity index (χ2v) is 9.42. The molecule has 6 rings (SSSR count). The SMILES string of the molecule is CN(C)c1ccc(C2C(C(=O)c3cc4cc(Cl)ccc4o3)=C(O)C(=O)N2c2ccc3c(c2)OCO3)cc1. The number of fused-ring (bicyclic) bond motifs is 2. The van der Waals surface area contributed by atoms with E-state index in [1.165, 1.54) is 4.90 Å². The van der Waals surface area contributed by atoms with E-state index in [4.69, 9.17) is 25.5 Å². The number of hydrogen-bond donors (Lipinski definition) is 1. The molecule has 3 heterocycles. The van der Waals surface area contributed by atoms with Crippen molar-refractivity contribution >= 4 is 45.6 Å². The van der Waals surface area contributed by atoms with E-state index in [9.17, 15) is 14.7 Å². The lowest BCUT2D eigenvalue weighted by molar-refractivity contribution is -0.117. The van der Waals surface area contributed by atoms with Crippen molar-refractivity contribution in [2.24, 2.45) is 0 Å². The molecular formula is C28H21ClN2O6. The lowest BCUT2D eigenvalue weighted by Gasteiger charge is -2.27. The van der Waals surface area contributed by atoms with E-state index < -0.39 is 23.5 Å². The molecule has 1 amide bonds. The average Bonchev–Trinajstić information content (AvgIpc) is 3.59. The van der Waals surface area contributed by atoms with Gasteiger partial charge in [0.1, 0.15) is 5.58 Å². The molecule has 4 aromatic rings. The van der Waals surface area contributed by atoms with Crippen LogP contribution < -0.4 is 19.3 Å². The van der Waals surface area contributed by atoms with Crippen LogP contribution >= 0.6 is 11.6 Å². The predicted octanol–water partition coefficient (Wildman–Crippen LogP) is 5.66. The number of nitrogens with zero attached hydrogens (tertiary/aromatic N) is 2. The van der Waals surface area contributed by atoms with Crippen LogP contribution in [0.1, 0.15) is 22.2 Å². The van der Waals surface area contributed by atoms with Gasteiger partial charge in [0.05, 0.1) is 11.6 Å². The molecule has 186 valence electrons. The maximum atomic E-state index is 13.8. The van der Waals surface area contributed by atoms with Gasteiger partial charge in [0.25, 0.3) is 5.91 Å². The molecule has 1 atom stereocenters. The zero-order valence-electron chi connectivity index (χ0n) is 19.9. The zero-order valence-corrected chi connectivity index (χ0v) is 20.7. The van der Waals surface area contributed by atoms with Crippen molar-refractivity contribution in [2.45, 2.75) is 6.04 Å². The maximum absolute atomic E-state index is 13.8. The fraction of sp³-hybridized carbons (Fsp3) is 0.143. The Kier molecular flexibility index (Phi) is 5.35. The van der Waals surface area contributed by atoms with E-state index in [-0.39, 0.29) is 18.1 Å². The Bertz CT molecular complexity index is 1600. The van der Waals surface area contributed by atoms with Crippen molar-refractivity contribution in [1.82, 2.24) is 0 Å². The Labute approximate surface area is 216 Å². The largest absolute Gasteiger partial charge is 0.503 e. The van der Waals surface area contributed by atoms with E-state index in [2.05, 4.69) is 0 Å². The van der Waals surface area contributed by atoms with E-state index >= 15 is 0 Å². The number of anilines is 2. The summed E-state index contributed by atoms with van der Waals surface area (Å²) in [5.41, 5.74) is 2.42. The van der Waals surface area contributed by atoms with E-state index in [0.29, 0.717) is 38.7 Å². The van der Waals surface area contributed by atoms with Gasteiger partial charge in [-0.1, -0.05) is 23.7 Å². The van der Waals surface area contributed by atoms with Crippen LogP contribution in [0.4, 0.5) is 11.4 Å². The maximum Gasteiger partial charge on any atom is 0.294 e. The number of carbonyl (C=O) groups excluding carboxylic acids is 2. The highest BCUT2D eigenvalue weighted by molar-refractivity contribution is 6.31. The van der Waals surface area contributed by atoms with Gasteiger partial charge in [0, 0.05) is 41.9 Å². The number of ketones is 1. The van der Waals surface area contributed by atoms with Gasteiger partial charge in [-0.3, -0.25) is 14.5 Å². The minimum Gasteiger partial charge on any atom is -0.503 e. The van der Waals surface area contributed by atoms with Crippen LogP contribution in [0, 0.1) is 0 Å². The minimum atomic E-state index is -0.909. The fourth-order valence-electron chi connectivity index (χ4n) is 4.67. The zero-order chi connectivity index (χ0) is 25.8. The van der Waals surface area contributed by atoms with Gasteiger partial charge in [0.15, 0.2) is 23.0 Å². The number of amides is 1. The smallest absolute Gasteiger partial charge is 0.294 e. The molecule has 1 unspecified atom stereocenters. The monoisotopic (exact) mass is 516 g/mol. The molecule has 9 heteroatoms. The third kappa shape index (κ3) is 3.77. The number of rotatable bonds is 5. The van der Waals surface area contributed by atoms with Crippen LogP contribution in [0.15, 0.2) is 82.5 Å². The number of hydrogen-bond acceptors (Lipinski definition) is 7. The molecule has 0 bridgehead atoms. The Morgan fingerprint density at radius 3 is 2.51 bits per heavy atom. The van der Waals surface area contributed by atoms with Gasteiger partial charge in [-0.15, -0.1) is 0 Å². The van der Waals surface area contributed by atoms with Crippen molar-refractivity contribution in [2.75, 3.05) is 30.7 Å². The van der Waals surface area contributed by atoms with E-state index in [1.807, 2.05) is 43.3 Å². The summed E-state index contributed by atoms with van der Waals surface area (Å²) >= 11 is 6.09. The summed E-state index contributed by atoms with van der Waals surface area (Å²) in [6.07, 6.45) is 0. The predicted molar refractivity (Wildman–Crippen MR) is 139 cm³/mol. The minimum absolute atomic E-state index is 0.00550. The second-order valence-electron chi connectivity index (χ2n) is 8.99. The first-order chi connectivity index (χ1) is 17.8. The second kappa shape index (κ2) is 8.60. The topological polar surface area (TPSA) is 92.5 Å². The first kappa shape index (κ1) is 23.0. The highest BCUT2D eigenvalue weighted by Crippen LogP contribution is 2.45. The summed E-state index contributed by atoms with van der Waals surface area (Å²) in [5.74, 6) is -0.916. The summed E-state index contributed by atoms with van der Waals surface area (Å²) < 4.78 is 16.7. The molecule has 0 radical (unpaired) electrons. The average molecular weight is 517 g/mol. The standard InChI is InChI=1S/C28H21ClN2O6/c1-30(2)18-6-3-15(4-7-18)25-24(26(32)23-12-16-11-17(29)5-9-20(16)37-23)27(33)28(34)31(25)19-8-10-21-22(13-19)36-14-35-21/h3-13,25,33H,14H2,1-2H3. The van der Waals surface area contributed by atoms with Gasteiger partial charge in [0.2, 0.25) is 12.6 Å². The molecule has 0 saturated carbocycles. The Morgan fingerprint density at radius 1 is 1.00 bits per heavy atom. The summed E-state index contributed by atoms with van der Waals surface area (Å²) in [6, 6.07) is 18.1. The molecular weight excluding hydrogens is 496 g/mol. The van der Waals surface area contributed by atoms with Crippen LogP contribution in [0.25, 0.3) is 11.0 Å². The molecule has 2 aliphatic heterocycles. The number of aliphatic hydroxyl groups is 1. The summed E-state index contributed by atoms with van der Waals surface area (Å²) in [4.78, 5) is 30.6. The van der Waals surface area contributed by atoms with Crippen LogP contribution in [-0.4, -0.2) is 37.7 Å². The van der Waals surface area contributed by atoms with Gasteiger partial charge >= 0.3 is 0 Å². The number of furan rings is 1. The van der Waals surface area contributed by atoms with Crippen molar-refractivity contribution in [3.05, 3.63) is 94.4 Å². The first-order valence-electron chi connectivity index (χ1n) is 11.5. The summed E-state index contributed by atoms with van der Waals surface area (Å²) in [6.45, 7) is 0.0749. The molecule has 0 spiro atoms. The van der Waals surface area contributed by atoms with E-state index in [1.54, 1.807) is 42.5 Å². The Morgan fingerprint density at radius 2 is 1.76 bits per heavy atom. The number of ether oxygens (including phenoxy) is 2. The highest BCUT2D eigenvalue weighted by atomic mass is 35.5. The molecule has 37 heavy (non-hydrogen) atoms. The van der Waals surface area contributed by atoms with Crippen LogP contribution in [0.2, 0.25) is 5.02 Å². The first-order valence-corrected chi connectivity index (χ1v) is 11.9. The van der Waals surface area contributed by atoms with Gasteiger partial charge in [-0.05, 0) is 54.1 Å². The molecule has 8 nitrogen and oxygen atoms in total. The lowest BCUT2D eigenvalue weighted by atomic mass is 9.94. The Balaban J connectivity index is 1.48. The van der Waals surface area contributed by atoms with Crippen molar-refractivity contribution in [1.29, 1.82) is 0 Å². The molecule has 1 N–H and O–H groups in total. The lowest BCUT2D eigenvalue weighted by Crippen LogP contribution is -2.31. The molecule has 0 fully saturated rings. The van der Waals surface area contributed by atoms with Gasteiger partial charge in [-0.2, -0.15) is 0 Å². The van der Waals surface area contributed by atoms with E-state index in [0.717, 1.165) is 5.69 Å². The summed E-state index contributed by atoms with van der Waals surface area (Å²) in [7, 11) is 3.84. The molecule has 0 saturated heterocycles. The highest BCUT2D eigenvalue weighted by Gasteiger charge is 2.45. The third-order valence-electron chi connectivity index (χ3n) is 6.51. The van der Waals surface area contributed by atoms with Crippen LogP contribution in [-0.2, 0) is 4.79 Å². The number of halogens is 1. The van der Waals surface area contributed by atoms with Gasteiger partial charge in [-0.25, -0.2) is 0 Å². The number of Topliss-reactive ketones (excluding diaryl/α,β-unsaturated/α-hetero) is 1. The molecule has 3 aromatic carbocycles. The number of aliphatic hydroxyl groups excluding tert-OH is 1. The quantitative estimate of drug-likeness (QED) is 0.342. The fourth-order valence-corrected chi connectivity index (χ4v) is 4.85. The van der Waals surface area contributed by atoms with Crippen LogP contribution in [0.3, 0.4) is 0 Å². The van der Waals surface area contributed by atoms with Crippen molar-refractivity contribution in [3.63, 3.8) is 0 Å². The normalized spacial score (nSPS) is 16.7. The number of benzene rings is 3. The van der Waals surface area contributed by atoms with Gasteiger partial charge < -0.3 is 23.9 Å². The number of carbonyl (C=O) groups is 2. The van der Waals surface area contributed by atoms with Crippen molar-refractivity contribution in [3.8, 4) is 11.5 Å². The summed E-state index contributed by atoms with van der Waals surface area (Å²) in [5, 5.41) is 12.2. The molecule has 0 aliphatic carbocycles.